The first kappa shape index (κ1) is 16.9. The number of rotatable bonds is 7. The van der Waals surface area contributed by atoms with E-state index in [-0.39, 0.29) is 6.04 Å². The van der Waals surface area contributed by atoms with E-state index < -0.39 is 10.2 Å². The van der Waals surface area contributed by atoms with Gasteiger partial charge in [-0.15, -0.1) is 11.3 Å². The Hall–Kier alpha value is -0.470. The fourth-order valence-electron chi connectivity index (χ4n) is 2.68. The molecule has 1 unspecified atom stereocenters. The van der Waals surface area contributed by atoms with Gasteiger partial charge in [-0.05, 0) is 38.4 Å². The zero-order chi connectivity index (χ0) is 15.3. The Labute approximate surface area is 131 Å². The van der Waals surface area contributed by atoms with Crippen LogP contribution >= 0.6 is 11.3 Å². The van der Waals surface area contributed by atoms with Gasteiger partial charge in [-0.2, -0.15) is 17.4 Å². The molecule has 7 heteroatoms. The van der Waals surface area contributed by atoms with Crippen molar-refractivity contribution in [2.75, 3.05) is 20.1 Å². The molecule has 1 aromatic heterocycles. The maximum Gasteiger partial charge on any atom is 0.280 e. The fourth-order valence-corrected chi connectivity index (χ4v) is 5.12. The van der Waals surface area contributed by atoms with Crippen molar-refractivity contribution in [2.24, 2.45) is 0 Å². The molecule has 0 amide bonds. The minimum atomic E-state index is -3.40. The molecule has 0 spiro atoms. The average molecular weight is 332 g/mol. The van der Waals surface area contributed by atoms with Gasteiger partial charge in [0.05, 0.1) is 0 Å². The molecule has 0 aliphatic carbocycles. The number of hydrogen-bond donors (Lipinski definition) is 2. The van der Waals surface area contributed by atoms with Crippen molar-refractivity contribution in [3.8, 4) is 0 Å². The highest BCUT2D eigenvalue weighted by molar-refractivity contribution is 7.87. The Morgan fingerprint density at radius 3 is 2.76 bits per heavy atom. The molecule has 21 heavy (non-hydrogen) atoms. The summed E-state index contributed by atoms with van der Waals surface area (Å²) in [6, 6.07) is 4.14. The Balaban J connectivity index is 1.99. The predicted octanol–water partition coefficient (Wildman–Crippen LogP) is 1.72. The average Bonchev–Trinajstić information content (AvgIpc) is 2.94. The molecule has 0 bridgehead atoms. The second kappa shape index (κ2) is 7.69. The van der Waals surface area contributed by atoms with E-state index in [0.29, 0.717) is 19.6 Å². The number of piperidine rings is 1. The summed E-state index contributed by atoms with van der Waals surface area (Å²) >= 11 is 1.67. The number of aryl methyl sites for hydroxylation is 1. The molecule has 5 nitrogen and oxygen atoms in total. The highest BCUT2D eigenvalue weighted by atomic mass is 32.2. The van der Waals surface area contributed by atoms with Gasteiger partial charge in [0, 0.05) is 35.4 Å². The maximum absolute atomic E-state index is 12.5. The lowest BCUT2D eigenvalue weighted by molar-refractivity contribution is 0.246. The van der Waals surface area contributed by atoms with E-state index in [1.807, 2.05) is 13.1 Å². The zero-order valence-electron chi connectivity index (χ0n) is 12.8. The summed E-state index contributed by atoms with van der Waals surface area (Å²) in [6.45, 7) is 3.82. The number of hydrogen-bond acceptors (Lipinski definition) is 4. The van der Waals surface area contributed by atoms with Crippen molar-refractivity contribution in [2.45, 2.75) is 45.2 Å². The molecule has 0 aromatic carbocycles. The summed E-state index contributed by atoms with van der Waals surface area (Å²) < 4.78 is 29.4. The normalized spacial score (nSPS) is 20.8. The van der Waals surface area contributed by atoms with Crippen LogP contribution in [0.2, 0.25) is 0 Å². The molecule has 2 heterocycles. The Bertz CT molecular complexity index is 540. The first-order valence-corrected chi connectivity index (χ1v) is 9.81. The molecule has 1 atom stereocenters. The summed E-state index contributed by atoms with van der Waals surface area (Å²) in [7, 11) is -1.53. The van der Waals surface area contributed by atoms with E-state index in [1.54, 1.807) is 15.6 Å². The predicted molar refractivity (Wildman–Crippen MR) is 87.7 cm³/mol. The lowest BCUT2D eigenvalue weighted by Gasteiger charge is -2.34. The van der Waals surface area contributed by atoms with Gasteiger partial charge >= 0.3 is 0 Å². The Kier molecular flexibility index (Phi) is 6.19. The van der Waals surface area contributed by atoms with Crippen LogP contribution in [0.5, 0.6) is 0 Å². The van der Waals surface area contributed by atoms with Gasteiger partial charge in [-0.3, -0.25) is 0 Å². The van der Waals surface area contributed by atoms with E-state index in [4.69, 9.17) is 0 Å². The Morgan fingerprint density at radius 2 is 2.10 bits per heavy atom. The maximum atomic E-state index is 12.5. The number of nitrogens with one attached hydrogen (secondary N) is 2. The summed E-state index contributed by atoms with van der Waals surface area (Å²) in [5.74, 6) is 0. The first-order valence-electron chi connectivity index (χ1n) is 7.55. The summed E-state index contributed by atoms with van der Waals surface area (Å²) in [5.41, 5.74) is 0. The van der Waals surface area contributed by atoms with Crippen LogP contribution < -0.4 is 10.0 Å². The van der Waals surface area contributed by atoms with Gasteiger partial charge in [-0.1, -0.05) is 13.3 Å². The summed E-state index contributed by atoms with van der Waals surface area (Å²) in [4.78, 5) is 2.35. The molecule has 2 rings (SSSR count). The molecule has 2 N–H and O–H groups in total. The van der Waals surface area contributed by atoms with Crippen LogP contribution in [0.4, 0.5) is 0 Å². The summed E-state index contributed by atoms with van der Waals surface area (Å²) in [5, 5.41) is 3.09. The van der Waals surface area contributed by atoms with Crippen molar-refractivity contribution in [3.63, 3.8) is 0 Å². The highest BCUT2D eigenvalue weighted by Gasteiger charge is 2.31. The van der Waals surface area contributed by atoms with Gasteiger partial charge in [-0.25, -0.2) is 0 Å². The molecule has 1 aliphatic heterocycles. The third-order valence-corrected chi connectivity index (χ3v) is 6.65. The second-order valence-electron chi connectivity index (χ2n) is 5.37. The van der Waals surface area contributed by atoms with E-state index in [2.05, 4.69) is 23.0 Å². The minimum Gasteiger partial charge on any atom is -0.318 e. The van der Waals surface area contributed by atoms with Gasteiger partial charge in [0.2, 0.25) is 0 Å². The smallest absolute Gasteiger partial charge is 0.280 e. The molecule has 1 aromatic rings. The molecular formula is C14H25N3O2S2. The van der Waals surface area contributed by atoms with E-state index in [9.17, 15) is 8.42 Å². The standard InChI is InChI=1S/C14H25N3O2S2/c1-3-13-7-8-14(20-13)11-16-21(18,19)17-9-5-4-6-12(17)10-15-2/h7-8,12,15-16H,3-6,9-11H2,1-2H3. The summed E-state index contributed by atoms with van der Waals surface area (Å²) in [6.07, 6.45) is 3.97. The molecular weight excluding hydrogens is 306 g/mol. The topological polar surface area (TPSA) is 61.4 Å². The second-order valence-corrected chi connectivity index (χ2v) is 8.33. The number of nitrogens with zero attached hydrogens (tertiary/aromatic N) is 1. The van der Waals surface area contributed by atoms with Crippen molar-refractivity contribution >= 4 is 21.5 Å². The molecule has 0 radical (unpaired) electrons. The van der Waals surface area contributed by atoms with E-state index >= 15 is 0 Å². The van der Waals surface area contributed by atoms with Crippen LogP contribution in [0.3, 0.4) is 0 Å². The number of likely N-dealkylation sites (N-methyl/N-ethyl adjacent to an activating group) is 1. The monoisotopic (exact) mass is 331 g/mol. The quantitative estimate of drug-likeness (QED) is 0.800. The van der Waals surface area contributed by atoms with Crippen LogP contribution in [0.25, 0.3) is 0 Å². The largest absolute Gasteiger partial charge is 0.318 e. The first-order chi connectivity index (χ1) is 10.1. The van der Waals surface area contributed by atoms with Gasteiger partial charge in [0.25, 0.3) is 10.2 Å². The van der Waals surface area contributed by atoms with Crippen molar-refractivity contribution in [1.82, 2.24) is 14.3 Å². The minimum absolute atomic E-state index is 0.0655. The molecule has 1 saturated heterocycles. The molecule has 1 fully saturated rings. The number of thiophene rings is 1. The van der Waals surface area contributed by atoms with Crippen molar-refractivity contribution in [1.29, 1.82) is 0 Å². The molecule has 120 valence electrons. The van der Waals surface area contributed by atoms with Gasteiger partial charge < -0.3 is 5.32 Å². The van der Waals surface area contributed by atoms with Crippen molar-refractivity contribution < 1.29 is 8.42 Å². The molecule has 1 aliphatic rings. The SMILES string of the molecule is CCc1ccc(CNS(=O)(=O)N2CCCCC2CNC)s1. The van der Waals surface area contributed by atoms with Gasteiger partial charge in [0.15, 0.2) is 0 Å². The van der Waals surface area contributed by atoms with E-state index in [1.165, 1.54) is 4.88 Å². The van der Waals surface area contributed by atoms with Crippen LogP contribution in [0.15, 0.2) is 12.1 Å². The lowest BCUT2D eigenvalue weighted by atomic mass is 10.1. The Morgan fingerprint density at radius 1 is 1.33 bits per heavy atom. The van der Waals surface area contributed by atoms with Crippen LogP contribution in [-0.4, -0.2) is 38.9 Å². The third kappa shape index (κ3) is 4.50. The zero-order valence-corrected chi connectivity index (χ0v) is 14.4. The van der Waals surface area contributed by atoms with Crippen molar-refractivity contribution in [3.05, 3.63) is 21.9 Å². The van der Waals surface area contributed by atoms with Crippen LogP contribution in [0, 0.1) is 0 Å². The fraction of sp³-hybridized carbons (Fsp3) is 0.714. The highest BCUT2D eigenvalue weighted by Crippen LogP contribution is 2.21. The van der Waals surface area contributed by atoms with E-state index in [0.717, 1.165) is 30.6 Å². The van der Waals surface area contributed by atoms with Gasteiger partial charge in [0.1, 0.15) is 0 Å². The van der Waals surface area contributed by atoms with Crippen LogP contribution in [-0.2, 0) is 23.2 Å². The molecule has 0 saturated carbocycles. The van der Waals surface area contributed by atoms with Crippen LogP contribution in [0.1, 0.15) is 35.9 Å². The third-order valence-electron chi connectivity index (χ3n) is 3.82. The lowest BCUT2D eigenvalue weighted by Crippen LogP contribution is -2.51.